The van der Waals surface area contributed by atoms with Crippen molar-refractivity contribution in [1.82, 2.24) is 14.8 Å². The van der Waals surface area contributed by atoms with Gasteiger partial charge in [-0.1, -0.05) is 6.07 Å². The Labute approximate surface area is 218 Å². The Bertz CT molecular complexity index is 1510. The molecule has 2 amide bonds. The summed E-state index contributed by atoms with van der Waals surface area (Å²) in [5.41, 5.74) is 2.25. The van der Waals surface area contributed by atoms with Gasteiger partial charge in [0.15, 0.2) is 0 Å². The number of aryl methyl sites for hydroxylation is 1. The SMILES string of the molecule is Cc1c(-c2ccn(C)n2)cnc(N2CCCC(F)(F)CC2)c1C(=O)Nc1cccc(S(C)(=O)=NC(=O)O)c1. The largest absolute Gasteiger partial charge is 0.463 e. The van der Waals surface area contributed by atoms with Crippen LogP contribution < -0.4 is 10.2 Å². The summed E-state index contributed by atoms with van der Waals surface area (Å²) < 4.78 is 45.8. The normalized spacial score (nSPS) is 16.8. The van der Waals surface area contributed by atoms with Crippen LogP contribution >= 0.6 is 0 Å². The van der Waals surface area contributed by atoms with Gasteiger partial charge in [-0.2, -0.15) is 5.10 Å². The second-order valence-corrected chi connectivity index (χ2v) is 11.5. The van der Waals surface area contributed by atoms with Crippen LogP contribution in [0, 0.1) is 6.92 Å². The molecule has 0 radical (unpaired) electrons. The molecular formula is C25H28F2N6O4S. The average Bonchev–Trinajstić information content (AvgIpc) is 3.17. The van der Waals surface area contributed by atoms with Crippen LogP contribution in [-0.2, 0) is 16.8 Å². The Morgan fingerprint density at radius 2 is 1.97 bits per heavy atom. The molecule has 4 rings (SSSR count). The molecule has 2 N–H and O–H groups in total. The fourth-order valence-electron chi connectivity index (χ4n) is 4.40. The van der Waals surface area contributed by atoms with Crippen LogP contribution in [-0.4, -0.2) is 61.3 Å². The maximum Gasteiger partial charge on any atom is 0.439 e. The number of rotatable bonds is 5. The third-order valence-electron chi connectivity index (χ3n) is 6.33. The number of carboxylic acid groups (broad SMARTS) is 1. The van der Waals surface area contributed by atoms with Crippen LogP contribution in [0.4, 0.5) is 25.1 Å². The smallest absolute Gasteiger partial charge is 0.439 e. The summed E-state index contributed by atoms with van der Waals surface area (Å²) in [4.78, 5) is 31.1. The first-order valence-electron chi connectivity index (χ1n) is 11.9. The maximum absolute atomic E-state index is 14.1. The highest BCUT2D eigenvalue weighted by atomic mass is 32.2. The molecule has 0 saturated carbocycles. The average molecular weight is 547 g/mol. The molecule has 0 aliphatic carbocycles. The molecule has 38 heavy (non-hydrogen) atoms. The minimum Gasteiger partial charge on any atom is -0.463 e. The van der Waals surface area contributed by atoms with E-state index in [-0.39, 0.29) is 47.8 Å². The van der Waals surface area contributed by atoms with Gasteiger partial charge in [0.1, 0.15) is 5.82 Å². The van der Waals surface area contributed by atoms with E-state index in [0.717, 1.165) is 0 Å². The van der Waals surface area contributed by atoms with E-state index in [2.05, 4.69) is 19.8 Å². The Balaban J connectivity index is 1.76. The summed E-state index contributed by atoms with van der Waals surface area (Å²) >= 11 is 0. The van der Waals surface area contributed by atoms with Crippen molar-refractivity contribution in [2.24, 2.45) is 11.4 Å². The second kappa shape index (κ2) is 10.5. The lowest BCUT2D eigenvalue weighted by molar-refractivity contribution is -0.0102. The van der Waals surface area contributed by atoms with Crippen molar-refractivity contribution in [1.29, 1.82) is 0 Å². The molecule has 3 heterocycles. The second-order valence-electron chi connectivity index (χ2n) is 9.23. The number of carbonyl (C=O) groups is 2. The molecule has 2 aromatic heterocycles. The fraction of sp³-hybridized carbons (Fsp3) is 0.360. The molecule has 1 unspecified atom stereocenters. The number of halogens is 2. The molecule has 202 valence electrons. The highest BCUT2D eigenvalue weighted by Crippen LogP contribution is 2.34. The molecule has 10 nitrogen and oxygen atoms in total. The topological polar surface area (TPSA) is 130 Å². The first-order valence-corrected chi connectivity index (χ1v) is 13.8. The zero-order valence-electron chi connectivity index (χ0n) is 21.1. The van der Waals surface area contributed by atoms with Crippen LogP contribution in [0.5, 0.6) is 0 Å². The van der Waals surface area contributed by atoms with Gasteiger partial charge in [0.05, 0.1) is 21.0 Å². The van der Waals surface area contributed by atoms with E-state index in [1.165, 1.54) is 24.5 Å². The number of hydrogen-bond acceptors (Lipinski definition) is 6. The van der Waals surface area contributed by atoms with Gasteiger partial charge < -0.3 is 15.3 Å². The van der Waals surface area contributed by atoms with Crippen LogP contribution in [0.3, 0.4) is 0 Å². The van der Waals surface area contributed by atoms with Crippen LogP contribution in [0.1, 0.15) is 35.2 Å². The summed E-state index contributed by atoms with van der Waals surface area (Å²) in [6, 6.07) is 7.73. The molecule has 13 heteroatoms. The van der Waals surface area contributed by atoms with E-state index in [4.69, 9.17) is 5.11 Å². The van der Waals surface area contributed by atoms with E-state index in [1.54, 1.807) is 48.1 Å². The van der Waals surface area contributed by atoms with Crippen molar-refractivity contribution in [2.45, 2.75) is 37.0 Å². The predicted molar refractivity (Wildman–Crippen MR) is 139 cm³/mol. The van der Waals surface area contributed by atoms with E-state index in [9.17, 15) is 22.6 Å². The van der Waals surface area contributed by atoms with Gasteiger partial charge in [0.25, 0.3) is 5.91 Å². The molecule has 1 fully saturated rings. The molecule has 1 aliphatic heterocycles. The van der Waals surface area contributed by atoms with E-state index < -0.39 is 27.7 Å². The quantitative estimate of drug-likeness (QED) is 0.470. The molecule has 1 atom stereocenters. The Hall–Kier alpha value is -3.87. The number of amides is 2. The van der Waals surface area contributed by atoms with Crippen molar-refractivity contribution in [2.75, 3.05) is 29.6 Å². The van der Waals surface area contributed by atoms with Crippen molar-refractivity contribution < 1.29 is 27.7 Å². The molecule has 1 aliphatic rings. The first-order chi connectivity index (χ1) is 17.9. The van der Waals surface area contributed by atoms with Crippen LogP contribution in [0.2, 0.25) is 0 Å². The van der Waals surface area contributed by atoms with E-state index in [0.29, 0.717) is 23.4 Å². The van der Waals surface area contributed by atoms with Crippen LogP contribution in [0.25, 0.3) is 11.3 Å². The molecule has 3 aromatic rings. The number of carbonyl (C=O) groups excluding carboxylic acids is 1. The highest BCUT2D eigenvalue weighted by molar-refractivity contribution is 7.93. The summed E-state index contributed by atoms with van der Waals surface area (Å²) in [5.74, 6) is -3.04. The molecular weight excluding hydrogens is 518 g/mol. The van der Waals surface area contributed by atoms with Crippen molar-refractivity contribution in [3.8, 4) is 11.3 Å². The number of alkyl halides is 2. The maximum atomic E-state index is 14.1. The number of benzene rings is 1. The van der Waals surface area contributed by atoms with Gasteiger partial charge in [-0.05, 0) is 43.2 Å². The van der Waals surface area contributed by atoms with Crippen molar-refractivity contribution in [3.63, 3.8) is 0 Å². The van der Waals surface area contributed by atoms with Gasteiger partial charge in [-0.15, -0.1) is 4.36 Å². The molecule has 1 saturated heterocycles. The summed E-state index contributed by atoms with van der Waals surface area (Å²) in [6.07, 6.45) is 2.64. The molecule has 1 aromatic carbocycles. The molecule has 0 spiro atoms. The number of nitrogens with one attached hydrogen (secondary N) is 1. The Morgan fingerprint density at radius 3 is 2.66 bits per heavy atom. The summed E-state index contributed by atoms with van der Waals surface area (Å²) in [6.45, 7) is 2.10. The van der Waals surface area contributed by atoms with Gasteiger partial charge in [0, 0.05) is 67.8 Å². The van der Waals surface area contributed by atoms with Crippen LogP contribution in [0.15, 0.2) is 52.0 Å². The number of nitrogens with zero attached hydrogens (tertiary/aromatic N) is 5. The Morgan fingerprint density at radius 1 is 1.21 bits per heavy atom. The lowest BCUT2D eigenvalue weighted by atomic mass is 10.0. The minimum absolute atomic E-state index is 0.0345. The standard InChI is InChI=1S/C25H28F2N6O4S/c1-16-19(20-8-12-32(2)30-20)15-28-22(33-11-5-9-25(26,27)10-13-33)21(16)23(34)29-17-6-4-7-18(14-17)38(3,37)31-24(35)36/h4,6-8,12,14-15H,5,9-11,13H2,1-3H3,(H,29,34)(H,35,36). The number of pyridine rings is 1. The van der Waals surface area contributed by atoms with E-state index >= 15 is 0 Å². The van der Waals surface area contributed by atoms with Crippen molar-refractivity contribution >= 4 is 33.2 Å². The Kier molecular flexibility index (Phi) is 7.49. The monoisotopic (exact) mass is 546 g/mol. The van der Waals surface area contributed by atoms with Gasteiger partial charge in [-0.3, -0.25) is 9.48 Å². The first kappa shape index (κ1) is 27.2. The summed E-state index contributed by atoms with van der Waals surface area (Å²) in [5, 5.41) is 16.1. The summed E-state index contributed by atoms with van der Waals surface area (Å²) in [7, 11) is -1.48. The fourth-order valence-corrected chi connectivity index (χ4v) is 5.48. The number of aromatic nitrogens is 3. The third-order valence-corrected chi connectivity index (χ3v) is 7.97. The van der Waals surface area contributed by atoms with Gasteiger partial charge >= 0.3 is 6.09 Å². The lowest BCUT2D eigenvalue weighted by Gasteiger charge is -2.25. The third kappa shape index (κ3) is 5.98. The zero-order valence-corrected chi connectivity index (χ0v) is 22.0. The zero-order chi connectivity index (χ0) is 27.7. The van der Waals surface area contributed by atoms with Crippen molar-refractivity contribution in [3.05, 3.63) is 53.9 Å². The van der Waals surface area contributed by atoms with Gasteiger partial charge in [0.2, 0.25) is 5.92 Å². The minimum atomic E-state index is -3.25. The highest BCUT2D eigenvalue weighted by Gasteiger charge is 2.33. The number of hydrogen-bond donors (Lipinski definition) is 2. The lowest BCUT2D eigenvalue weighted by Crippen LogP contribution is -2.30. The molecule has 0 bridgehead atoms. The number of anilines is 2. The van der Waals surface area contributed by atoms with E-state index in [1.807, 2.05) is 0 Å². The van der Waals surface area contributed by atoms with Gasteiger partial charge in [-0.25, -0.2) is 22.8 Å². The predicted octanol–water partition coefficient (Wildman–Crippen LogP) is 4.80.